The fraction of sp³-hybridized carbons (Fsp3) is 0.833. The van der Waals surface area contributed by atoms with Crippen LogP contribution in [0.25, 0.3) is 11.2 Å². The van der Waals surface area contributed by atoms with Gasteiger partial charge in [-0.3, -0.25) is 14.3 Å². The fourth-order valence-corrected chi connectivity index (χ4v) is 4.66. The number of nitrogens with two attached hydrogens (primary N) is 1. The van der Waals surface area contributed by atoms with Gasteiger partial charge >= 0.3 is 0 Å². The number of ether oxygens (including phenoxy) is 1. The molecule has 0 radical (unpaired) electrons. The van der Waals surface area contributed by atoms with Crippen molar-refractivity contribution >= 4 is 17.1 Å². The minimum atomic E-state index is -0.386. The van der Waals surface area contributed by atoms with Crippen molar-refractivity contribution in [3.8, 4) is 0 Å². The molecule has 0 unspecified atom stereocenters. The number of anilines is 1. The van der Waals surface area contributed by atoms with Crippen LogP contribution in [0.4, 0.5) is 5.95 Å². The predicted molar refractivity (Wildman–Crippen MR) is 161 cm³/mol. The molecule has 2 rings (SSSR count). The number of aliphatic hydroxyl groups excluding tert-OH is 2. The molecular weight excluding hydrogens is 494 g/mol. The number of unbranched alkanes of at least 4 members (excludes halogenated alkanes) is 19. The summed E-state index contributed by atoms with van der Waals surface area (Å²) in [5, 5.41) is 17.3. The van der Waals surface area contributed by atoms with Crippen molar-refractivity contribution in [1.29, 1.82) is 0 Å². The van der Waals surface area contributed by atoms with Crippen molar-refractivity contribution in [2.24, 2.45) is 0 Å². The van der Waals surface area contributed by atoms with Gasteiger partial charge in [-0.05, 0) is 6.42 Å². The number of rotatable bonds is 24. The van der Waals surface area contributed by atoms with E-state index >= 15 is 0 Å². The lowest BCUT2D eigenvalue weighted by molar-refractivity contribution is 0.0499. The summed E-state index contributed by atoms with van der Waals surface area (Å²) in [7, 11) is 0. The summed E-state index contributed by atoms with van der Waals surface area (Å²) in [5.41, 5.74) is 5.60. The van der Waals surface area contributed by atoms with E-state index < -0.39 is 0 Å². The first-order valence-electron chi connectivity index (χ1n) is 15.6. The number of imidazole rings is 1. The van der Waals surface area contributed by atoms with Gasteiger partial charge in [0.2, 0.25) is 5.95 Å². The van der Waals surface area contributed by atoms with E-state index in [1.165, 1.54) is 133 Å². The van der Waals surface area contributed by atoms with Gasteiger partial charge in [0.1, 0.15) is 6.73 Å². The molecule has 0 bridgehead atoms. The molecule has 0 saturated carbocycles. The quantitative estimate of drug-likeness (QED) is 0.110. The Hall–Kier alpha value is -1.97. The Balaban J connectivity index is 0.000000412. The van der Waals surface area contributed by atoms with E-state index in [0.29, 0.717) is 12.3 Å². The van der Waals surface area contributed by atoms with Crippen LogP contribution in [-0.2, 0) is 11.5 Å². The highest BCUT2D eigenvalue weighted by Gasteiger charge is 2.08. The summed E-state index contributed by atoms with van der Waals surface area (Å²) in [5.74, 6) is 0.0291. The van der Waals surface area contributed by atoms with Gasteiger partial charge in [-0.1, -0.05) is 129 Å². The number of aromatic nitrogens is 4. The van der Waals surface area contributed by atoms with Gasteiger partial charge < -0.3 is 20.7 Å². The van der Waals surface area contributed by atoms with Crippen LogP contribution in [0.5, 0.6) is 0 Å². The summed E-state index contributed by atoms with van der Waals surface area (Å²) in [6, 6.07) is 0. The molecular formula is C30H57N5O4. The van der Waals surface area contributed by atoms with Crippen molar-refractivity contribution in [3.05, 3.63) is 16.7 Å². The van der Waals surface area contributed by atoms with Crippen LogP contribution >= 0.6 is 0 Å². The summed E-state index contributed by atoms with van der Waals surface area (Å²) in [4.78, 5) is 21.6. The zero-order valence-corrected chi connectivity index (χ0v) is 24.7. The largest absolute Gasteiger partial charge is 0.396 e. The van der Waals surface area contributed by atoms with Crippen LogP contribution in [0.1, 0.15) is 135 Å². The molecule has 2 aromatic heterocycles. The molecule has 226 valence electrons. The Morgan fingerprint density at radius 2 is 1.23 bits per heavy atom. The monoisotopic (exact) mass is 551 g/mol. The molecule has 0 aliphatic carbocycles. The van der Waals surface area contributed by atoms with Crippen molar-refractivity contribution in [1.82, 2.24) is 19.5 Å². The first-order valence-corrected chi connectivity index (χ1v) is 15.6. The Morgan fingerprint density at radius 3 is 1.67 bits per heavy atom. The molecule has 0 aromatic carbocycles. The third-order valence-corrected chi connectivity index (χ3v) is 6.97. The first-order chi connectivity index (χ1) is 19.1. The lowest BCUT2D eigenvalue weighted by Gasteiger charge is -2.03. The van der Waals surface area contributed by atoms with E-state index in [2.05, 4.69) is 21.9 Å². The zero-order valence-electron chi connectivity index (χ0n) is 24.7. The summed E-state index contributed by atoms with van der Waals surface area (Å²) >= 11 is 0. The van der Waals surface area contributed by atoms with E-state index in [1.807, 2.05) is 0 Å². The van der Waals surface area contributed by atoms with Gasteiger partial charge in [-0.25, -0.2) is 4.98 Å². The van der Waals surface area contributed by atoms with Crippen molar-refractivity contribution in [2.45, 2.75) is 142 Å². The Bertz CT molecular complexity index is 851. The average Bonchev–Trinajstić information content (AvgIpc) is 3.33. The molecule has 0 saturated heterocycles. The summed E-state index contributed by atoms with van der Waals surface area (Å²) in [6.07, 6.45) is 29.6. The minimum Gasteiger partial charge on any atom is -0.396 e. The molecule has 0 aliphatic rings. The van der Waals surface area contributed by atoms with E-state index in [1.54, 1.807) is 0 Å². The number of nitrogens with one attached hydrogen (secondary N) is 1. The number of H-pyrrole nitrogens is 1. The smallest absolute Gasteiger partial charge is 0.280 e. The lowest BCUT2D eigenvalue weighted by atomic mass is 10.0. The third kappa shape index (κ3) is 18.1. The normalized spacial score (nSPS) is 11.2. The molecule has 9 nitrogen and oxygen atoms in total. The number of nitrogen functional groups attached to an aromatic ring is 1. The molecule has 0 atom stereocenters. The highest BCUT2D eigenvalue weighted by molar-refractivity contribution is 5.70. The fourth-order valence-electron chi connectivity index (χ4n) is 4.66. The molecule has 39 heavy (non-hydrogen) atoms. The zero-order chi connectivity index (χ0) is 28.4. The highest BCUT2D eigenvalue weighted by Crippen LogP contribution is 2.14. The van der Waals surface area contributed by atoms with Gasteiger partial charge in [0, 0.05) is 6.61 Å². The number of fused-ring (bicyclic) bond motifs is 1. The van der Waals surface area contributed by atoms with E-state index in [-0.39, 0.29) is 37.0 Å². The highest BCUT2D eigenvalue weighted by atomic mass is 16.5. The van der Waals surface area contributed by atoms with E-state index in [9.17, 15) is 4.79 Å². The van der Waals surface area contributed by atoms with Crippen LogP contribution in [0.15, 0.2) is 11.1 Å². The average molecular weight is 552 g/mol. The molecule has 0 aliphatic heterocycles. The first kappa shape index (κ1) is 35.1. The standard InChI is InChI=1S/C22H46O.C8H11N5O3/c1-2-3-4-5-6-7-8-9-10-11-12-13-14-15-16-17-18-19-20-21-22-23;9-8-11-6-5(7(15)12-8)10-3-13(6)4-16-2-1-14/h23H,2-22H2,1H3;3,14H,1-2,4H2,(H3,9,11,12,15). The Labute approximate surface area is 236 Å². The van der Waals surface area contributed by atoms with Gasteiger partial charge in [0.05, 0.1) is 19.5 Å². The summed E-state index contributed by atoms with van der Waals surface area (Å²) in [6.45, 7) is 2.97. The lowest BCUT2D eigenvalue weighted by Crippen LogP contribution is -2.13. The summed E-state index contributed by atoms with van der Waals surface area (Å²) < 4.78 is 6.63. The maximum absolute atomic E-state index is 11.4. The van der Waals surface area contributed by atoms with Crippen LogP contribution in [0.3, 0.4) is 0 Å². The second-order valence-electron chi connectivity index (χ2n) is 10.5. The van der Waals surface area contributed by atoms with Crippen molar-refractivity contribution in [2.75, 3.05) is 25.6 Å². The topological polar surface area (TPSA) is 139 Å². The SMILES string of the molecule is CCCCCCCCCCCCCCCCCCCCCCO.Nc1nc2c(ncn2COCCO)c(=O)[nH]1. The van der Waals surface area contributed by atoms with E-state index in [0.717, 1.165) is 6.42 Å². The molecule has 2 aromatic rings. The Kier molecular flexibility index (Phi) is 22.5. The number of aliphatic hydroxyl groups is 2. The number of hydrogen-bond donors (Lipinski definition) is 4. The van der Waals surface area contributed by atoms with Crippen LogP contribution in [0, 0.1) is 0 Å². The number of aromatic amines is 1. The molecule has 0 spiro atoms. The predicted octanol–water partition coefficient (Wildman–Crippen LogP) is 6.47. The minimum absolute atomic E-state index is 0.0291. The molecule has 0 fully saturated rings. The number of hydrogen-bond acceptors (Lipinski definition) is 7. The molecule has 2 heterocycles. The maximum Gasteiger partial charge on any atom is 0.280 e. The van der Waals surface area contributed by atoms with Gasteiger partial charge in [-0.15, -0.1) is 0 Å². The van der Waals surface area contributed by atoms with Crippen LogP contribution in [0.2, 0.25) is 0 Å². The van der Waals surface area contributed by atoms with Crippen LogP contribution in [-0.4, -0.2) is 49.6 Å². The van der Waals surface area contributed by atoms with Crippen molar-refractivity contribution in [3.63, 3.8) is 0 Å². The van der Waals surface area contributed by atoms with Gasteiger partial charge in [0.25, 0.3) is 5.56 Å². The molecule has 9 heteroatoms. The van der Waals surface area contributed by atoms with Gasteiger partial charge in [-0.2, -0.15) is 4.98 Å². The Morgan fingerprint density at radius 1 is 0.769 bits per heavy atom. The molecule has 5 N–H and O–H groups in total. The van der Waals surface area contributed by atoms with Crippen molar-refractivity contribution < 1.29 is 14.9 Å². The maximum atomic E-state index is 11.4. The van der Waals surface area contributed by atoms with Crippen LogP contribution < -0.4 is 11.3 Å². The third-order valence-electron chi connectivity index (χ3n) is 6.97. The second-order valence-corrected chi connectivity index (χ2v) is 10.5. The van der Waals surface area contributed by atoms with Gasteiger partial charge in [0.15, 0.2) is 11.2 Å². The number of nitrogens with zero attached hydrogens (tertiary/aromatic N) is 3. The molecule has 0 amide bonds. The van der Waals surface area contributed by atoms with E-state index in [4.69, 9.17) is 20.7 Å². The second kappa shape index (κ2) is 25.0.